The lowest BCUT2D eigenvalue weighted by Crippen LogP contribution is -2.59. The van der Waals surface area contributed by atoms with E-state index in [4.69, 9.17) is 0 Å². The van der Waals surface area contributed by atoms with Crippen molar-refractivity contribution in [2.45, 2.75) is 30.5 Å². The Kier molecular flexibility index (Phi) is 5.24. The molecule has 2 aliphatic heterocycles. The van der Waals surface area contributed by atoms with Crippen LogP contribution >= 0.6 is 0 Å². The summed E-state index contributed by atoms with van der Waals surface area (Å²) in [4.78, 5) is 13.5. The molecule has 182 valence electrons. The lowest BCUT2D eigenvalue weighted by Gasteiger charge is -2.46. The summed E-state index contributed by atoms with van der Waals surface area (Å²) in [5, 5.41) is 3.90. The topological polar surface area (TPSA) is 97.1 Å². The third-order valence-corrected chi connectivity index (χ3v) is 7.87. The minimum absolute atomic E-state index is 0.200. The summed E-state index contributed by atoms with van der Waals surface area (Å²) >= 11 is 0. The van der Waals surface area contributed by atoms with Crippen molar-refractivity contribution in [3.63, 3.8) is 0 Å². The van der Waals surface area contributed by atoms with Gasteiger partial charge >= 0.3 is 6.18 Å². The van der Waals surface area contributed by atoms with E-state index in [1.807, 2.05) is 4.90 Å². The maximum absolute atomic E-state index is 12.8. The van der Waals surface area contributed by atoms with Gasteiger partial charge in [0.1, 0.15) is 28.5 Å². The molecule has 5 heterocycles. The predicted molar refractivity (Wildman–Crippen MR) is 109 cm³/mol. The van der Waals surface area contributed by atoms with Crippen LogP contribution in [0.5, 0.6) is 0 Å². The molecule has 0 saturated carbocycles. The van der Waals surface area contributed by atoms with Crippen molar-refractivity contribution in [3.8, 4) is 0 Å². The normalized spacial score (nSPS) is 18.8. The smallest absolute Gasteiger partial charge is 0.355 e. The van der Waals surface area contributed by atoms with Gasteiger partial charge in [-0.25, -0.2) is 31.8 Å². The van der Waals surface area contributed by atoms with E-state index in [1.54, 1.807) is 0 Å². The van der Waals surface area contributed by atoms with Gasteiger partial charge < -0.3 is 4.90 Å². The van der Waals surface area contributed by atoms with E-state index in [-0.39, 0.29) is 29.0 Å². The van der Waals surface area contributed by atoms with Gasteiger partial charge in [0.2, 0.25) is 10.0 Å². The number of fused-ring (bicyclic) bond motifs is 1. The first-order valence-corrected chi connectivity index (χ1v) is 11.7. The molecule has 3 aromatic heterocycles. The number of pyridine rings is 1. The molecule has 2 fully saturated rings. The lowest BCUT2D eigenvalue weighted by atomic mass is 9.81. The summed E-state index contributed by atoms with van der Waals surface area (Å²) < 4.78 is 91.6. The van der Waals surface area contributed by atoms with Crippen LogP contribution < -0.4 is 4.90 Å². The average molecular weight is 503 g/mol. The quantitative estimate of drug-likeness (QED) is 0.494. The van der Waals surface area contributed by atoms with Crippen molar-refractivity contribution < 1.29 is 30.4 Å². The SMILES string of the molecule is O=S(=O)(c1ccc(C(F)(F)F)nc1)N1CC2(CCN(c3cnc4cnn(CC(F)F)c4n3)C2)C1. The van der Waals surface area contributed by atoms with Gasteiger partial charge in [0.25, 0.3) is 6.43 Å². The van der Waals surface area contributed by atoms with Crippen LogP contribution in [0.25, 0.3) is 11.2 Å². The first-order valence-electron chi connectivity index (χ1n) is 10.2. The number of rotatable bonds is 5. The Morgan fingerprint density at radius 2 is 1.82 bits per heavy atom. The summed E-state index contributed by atoms with van der Waals surface area (Å²) in [5.41, 5.74) is -0.867. The van der Waals surface area contributed by atoms with Crippen LogP contribution in [0.1, 0.15) is 12.1 Å². The van der Waals surface area contributed by atoms with Gasteiger partial charge in [0.05, 0.1) is 12.4 Å². The highest BCUT2D eigenvalue weighted by Gasteiger charge is 2.52. The Labute approximate surface area is 190 Å². The van der Waals surface area contributed by atoms with Crippen LogP contribution in [0.3, 0.4) is 0 Å². The monoisotopic (exact) mass is 503 g/mol. The molecule has 0 atom stereocenters. The number of halogens is 5. The van der Waals surface area contributed by atoms with Gasteiger partial charge in [-0.15, -0.1) is 0 Å². The third kappa shape index (κ3) is 3.96. The Morgan fingerprint density at radius 1 is 1.06 bits per heavy atom. The number of hydrogen-bond donors (Lipinski definition) is 0. The molecule has 34 heavy (non-hydrogen) atoms. The molecule has 0 aliphatic carbocycles. The highest BCUT2D eigenvalue weighted by molar-refractivity contribution is 7.89. The maximum Gasteiger partial charge on any atom is 0.433 e. The highest BCUT2D eigenvalue weighted by atomic mass is 32.2. The van der Waals surface area contributed by atoms with E-state index in [1.165, 1.54) is 16.7 Å². The minimum Gasteiger partial charge on any atom is -0.355 e. The molecule has 9 nitrogen and oxygen atoms in total. The molecule has 15 heteroatoms. The third-order valence-electron chi connectivity index (χ3n) is 6.09. The van der Waals surface area contributed by atoms with Crippen LogP contribution in [0.4, 0.5) is 27.8 Å². The van der Waals surface area contributed by atoms with Crippen LogP contribution in [-0.2, 0) is 22.7 Å². The Balaban J connectivity index is 1.28. The van der Waals surface area contributed by atoms with Crippen molar-refractivity contribution in [2.75, 3.05) is 31.1 Å². The number of alkyl halides is 5. The summed E-state index contributed by atoms with van der Waals surface area (Å²) in [6, 6.07) is 1.55. The largest absolute Gasteiger partial charge is 0.433 e. The van der Waals surface area contributed by atoms with Crippen molar-refractivity contribution >= 4 is 27.0 Å². The molecule has 2 aliphatic rings. The molecular weight excluding hydrogens is 485 g/mol. The predicted octanol–water partition coefficient (Wildman–Crippen LogP) is 2.41. The summed E-state index contributed by atoms with van der Waals surface area (Å²) in [6.07, 6.45) is -2.97. The molecule has 2 saturated heterocycles. The van der Waals surface area contributed by atoms with Crippen LogP contribution in [0, 0.1) is 5.41 Å². The van der Waals surface area contributed by atoms with Crippen LogP contribution in [0.2, 0.25) is 0 Å². The second-order valence-corrected chi connectivity index (χ2v) is 10.4. The molecule has 0 radical (unpaired) electrons. The first kappa shape index (κ1) is 22.8. The van der Waals surface area contributed by atoms with Crippen molar-refractivity contribution in [2.24, 2.45) is 5.41 Å². The van der Waals surface area contributed by atoms with Crippen LogP contribution in [0.15, 0.2) is 35.6 Å². The van der Waals surface area contributed by atoms with Gasteiger partial charge in [0.15, 0.2) is 5.65 Å². The highest BCUT2D eigenvalue weighted by Crippen LogP contribution is 2.43. The zero-order valence-electron chi connectivity index (χ0n) is 17.5. The molecule has 0 unspecified atom stereocenters. The fourth-order valence-electron chi connectivity index (χ4n) is 4.37. The van der Waals surface area contributed by atoms with E-state index >= 15 is 0 Å². The number of aromatic nitrogens is 5. The standard InChI is InChI=1S/C19H18F5N7O2S/c20-15(21)8-31-17-13(6-27-31)25-7-16(28-17)29-4-3-18(9-29)10-30(11-18)34(32,33)12-1-2-14(26-5-12)19(22,23)24/h1-2,5-7,15H,3-4,8-11H2. The van der Waals surface area contributed by atoms with Crippen molar-refractivity contribution in [3.05, 3.63) is 36.4 Å². The zero-order valence-corrected chi connectivity index (χ0v) is 18.3. The number of anilines is 1. The lowest BCUT2D eigenvalue weighted by molar-refractivity contribution is -0.141. The molecule has 5 rings (SSSR count). The fraction of sp³-hybridized carbons (Fsp3) is 0.474. The molecule has 0 N–H and O–H groups in total. The van der Waals surface area contributed by atoms with E-state index in [0.717, 1.165) is 16.9 Å². The molecule has 0 bridgehead atoms. The second-order valence-electron chi connectivity index (χ2n) is 8.48. The first-order chi connectivity index (χ1) is 16.0. The second kappa shape index (κ2) is 7.80. The van der Waals surface area contributed by atoms with Gasteiger partial charge in [-0.3, -0.25) is 4.98 Å². The van der Waals surface area contributed by atoms with Gasteiger partial charge in [-0.05, 0) is 18.6 Å². The Morgan fingerprint density at radius 3 is 2.47 bits per heavy atom. The Bertz CT molecular complexity index is 1320. The number of hydrogen-bond acceptors (Lipinski definition) is 7. The van der Waals surface area contributed by atoms with Crippen molar-refractivity contribution in [1.29, 1.82) is 0 Å². The zero-order chi connectivity index (χ0) is 24.3. The van der Waals surface area contributed by atoms with E-state index in [2.05, 4.69) is 20.1 Å². The van der Waals surface area contributed by atoms with Crippen molar-refractivity contribution in [1.82, 2.24) is 29.0 Å². The molecule has 0 amide bonds. The Hall–Kier alpha value is -2.94. The number of nitrogens with zero attached hydrogens (tertiary/aromatic N) is 7. The average Bonchev–Trinajstić information content (AvgIpc) is 3.36. The molecule has 3 aromatic rings. The summed E-state index contributed by atoms with van der Waals surface area (Å²) in [5.74, 6) is 0.480. The molecule has 1 spiro atoms. The van der Waals surface area contributed by atoms with E-state index < -0.39 is 34.9 Å². The van der Waals surface area contributed by atoms with Crippen LogP contribution in [-0.4, -0.2) is 70.1 Å². The van der Waals surface area contributed by atoms with Gasteiger partial charge in [-0.1, -0.05) is 0 Å². The van der Waals surface area contributed by atoms with E-state index in [0.29, 0.717) is 36.9 Å². The van der Waals surface area contributed by atoms with E-state index in [9.17, 15) is 30.4 Å². The number of sulfonamides is 1. The summed E-state index contributed by atoms with van der Waals surface area (Å²) in [7, 11) is -3.97. The minimum atomic E-state index is -4.65. The molecule has 0 aromatic carbocycles. The summed E-state index contributed by atoms with van der Waals surface area (Å²) in [6.45, 7) is 0.848. The van der Waals surface area contributed by atoms with Gasteiger partial charge in [0, 0.05) is 37.8 Å². The van der Waals surface area contributed by atoms with Gasteiger partial charge in [-0.2, -0.15) is 22.6 Å². The molecular formula is C19H18F5N7O2S. The fourth-order valence-corrected chi connectivity index (χ4v) is 5.98. The maximum atomic E-state index is 12.8.